The Kier molecular flexibility index (Phi) is 11.6. The highest BCUT2D eigenvalue weighted by Gasteiger charge is 2.21. The number of methoxy groups -OCH3 is 2. The summed E-state index contributed by atoms with van der Waals surface area (Å²) in [6.07, 6.45) is 0.842. The van der Waals surface area contributed by atoms with Crippen molar-refractivity contribution in [1.82, 2.24) is 5.32 Å². The number of hydrogen-bond acceptors (Lipinski definition) is 8. The van der Waals surface area contributed by atoms with Crippen LogP contribution in [0.1, 0.15) is 27.2 Å². The number of aryl methyl sites for hydroxylation is 1. The second-order valence-corrected chi connectivity index (χ2v) is 6.39. The largest absolute Gasteiger partial charge is 0.473 e. The van der Waals surface area contributed by atoms with Gasteiger partial charge in [-0.05, 0) is 32.4 Å². The summed E-state index contributed by atoms with van der Waals surface area (Å²) in [6, 6.07) is 0. The number of carbonyl (C=O) groups excluding carboxylic acids is 2. The highest BCUT2D eigenvalue weighted by Crippen LogP contribution is 2.32. The van der Waals surface area contributed by atoms with E-state index in [9.17, 15) is 9.59 Å². The first kappa shape index (κ1) is 24.5. The predicted molar refractivity (Wildman–Crippen MR) is 98.4 cm³/mol. The maximum absolute atomic E-state index is 11.9. The van der Waals surface area contributed by atoms with Crippen LogP contribution in [0.5, 0.6) is 0 Å². The van der Waals surface area contributed by atoms with Crippen LogP contribution in [0, 0.1) is 13.8 Å². The molecule has 0 aromatic carbocycles. The van der Waals surface area contributed by atoms with E-state index in [0.717, 1.165) is 16.9 Å². The van der Waals surface area contributed by atoms with Crippen molar-refractivity contribution >= 4 is 40.2 Å². The minimum Gasteiger partial charge on any atom is -0.473 e. The van der Waals surface area contributed by atoms with Gasteiger partial charge in [0.05, 0.1) is 19.2 Å². The van der Waals surface area contributed by atoms with Gasteiger partial charge in [-0.2, -0.15) is 0 Å². The first-order chi connectivity index (χ1) is 12.6. The van der Waals surface area contributed by atoms with Gasteiger partial charge in [-0.3, -0.25) is 4.79 Å². The number of ether oxygens (including phenoxy) is 2. The molecule has 11 heteroatoms. The summed E-state index contributed by atoms with van der Waals surface area (Å²) in [5.74, 6) is -4.26. The van der Waals surface area contributed by atoms with Gasteiger partial charge in [0.1, 0.15) is 5.00 Å². The molecule has 4 N–H and O–H groups in total. The van der Waals surface area contributed by atoms with Crippen molar-refractivity contribution in [3.05, 3.63) is 16.0 Å². The molecule has 0 saturated heterocycles. The molecule has 0 spiro atoms. The van der Waals surface area contributed by atoms with Crippen molar-refractivity contribution in [2.45, 2.75) is 20.3 Å². The lowest BCUT2D eigenvalue weighted by molar-refractivity contribution is -0.159. The Hall–Kier alpha value is -2.50. The number of rotatable bonds is 8. The van der Waals surface area contributed by atoms with Crippen LogP contribution in [-0.2, 0) is 23.9 Å². The van der Waals surface area contributed by atoms with Gasteiger partial charge in [0.15, 0.2) is 0 Å². The Bertz CT molecular complexity index is 660. The third kappa shape index (κ3) is 9.13. The van der Waals surface area contributed by atoms with E-state index in [2.05, 4.69) is 10.6 Å². The van der Waals surface area contributed by atoms with Crippen LogP contribution < -0.4 is 10.6 Å². The molecule has 0 aliphatic heterocycles. The Balaban J connectivity index is 0.000000972. The van der Waals surface area contributed by atoms with Crippen LogP contribution in [-0.4, -0.2) is 67.9 Å². The second-order valence-electron chi connectivity index (χ2n) is 5.16. The molecule has 1 rings (SSSR count). The van der Waals surface area contributed by atoms with Crippen molar-refractivity contribution in [3.63, 3.8) is 0 Å². The minimum atomic E-state index is -1.82. The third-order valence-corrected chi connectivity index (χ3v) is 4.32. The molecule has 0 unspecified atom stereocenters. The standard InChI is InChI=1S/C14H22N2O4S.C2H2O4/c1-9-10(2)21-13(12(9)14(18)20-4)16-11(17)8-15-6-5-7-19-3;3-1(4)2(5)6/h15H,5-8H2,1-4H3,(H,16,17);(H,3,4)(H,5,6). The summed E-state index contributed by atoms with van der Waals surface area (Å²) in [4.78, 5) is 42.8. The average Bonchev–Trinajstić information content (AvgIpc) is 2.88. The molecule has 27 heavy (non-hydrogen) atoms. The molecule has 0 atom stereocenters. The van der Waals surface area contributed by atoms with E-state index in [1.807, 2.05) is 13.8 Å². The molecular formula is C16H24N2O8S. The van der Waals surface area contributed by atoms with E-state index < -0.39 is 17.9 Å². The first-order valence-corrected chi connectivity index (χ1v) is 8.61. The number of hydrogen-bond donors (Lipinski definition) is 4. The van der Waals surface area contributed by atoms with Gasteiger partial charge in [-0.15, -0.1) is 11.3 Å². The van der Waals surface area contributed by atoms with Crippen molar-refractivity contribution in [1.29, 1.82) is 0 Å². The monoisotopic (exact) mass is 404 g/mol. The van der Waals surface area contributed by atoms with Crippen LogP contribution >= 0.6 is 11.3 Å². The maximum atomic E-state index is 11.9. The van der Waals surface area contributed by atoms with Gasteiger partial charge in [0, 0.05) is 18.6 Å². The Morgan fingerprint density at radius 1 is 1.07 bits per heavy atom. The van der Waals surface area contributed by atoms with Crippen LogP contribution in [0.2, 0.25) is 0 Å². The SMILES string of the molecule is COCCCNCC(=O)Nc1sc(C)c(C)c1C(=O)OC.O=C(O)C(=O)O. The molecule has 0 aliphatic carbocycles. The molecule has 0 bridgehead atoms. The van der Waals surface area contributed by atoms with Gasteiger partial charge in [0.2, 0.25) is 5.91 Å². The van der Waals surface area contributed by atoms with E-state index in [0.29, 0.717) is 23.7 Å². The van der Waals surface area contributed by atoms with E-state index in [1.165, 1.54) is 18.4 Å². The molecule has 0 saturated carbocycles. The van der Waals surface area contributed by atoms with Crippen LogP contribution in [0.3, 0.4) is 0 Å². The first-order valence-electron chi connectivity index (χ1n) is 7.79. The maximum Gasteiger partial charge on any atom is 0.414 e. The number of esters is 1. The zero-order chi connectivity index (χ0) is 21.0. The number of nitrogens with one attached hydrogen (secondary N) is 2. The summed E-state index contributed by atoms with van der Waals surface area (Å²) >= 11 is 1.38. The number of anilines is 1. The molecule has 1 heterocycles. The number of aliphatic carboxylic acids is 2. The van der Waals surface area contributed by atoms with Crippen molar-refractivity contribution in [3.8, 4) is 0 Å². The highest BCUT2D eigenvalue weighted by molar-refractivity contribution is 7.16. The van der Waals surface area contributed by atoms with Crippen molar-refractivity contribution in [2.24, 2.45) is 0 Å². The Morgan fingerprint density at radius 3 is 2.15 bits per heavy atom. The molecule has 1 aromatic rings. The quantitative estimate of drug-likeness (QED) is 0.281. The number of amides is 1. The number of carbonyl (C=O) groups is 4. The fourth-order valence-electron chi connectivity index (χ4n) is 1.78. The molecule has 0 fully saturated rings. The summed E-state index contributed by atoms with van der Waals surface area (Å²) in [5, 5.41) is 21.1. The van der Waals surface area contributed by atoms with Crippen LogP contribution in [0.4, 0.5) is 5.00 Å². The average molecular weight is 404 g/mol. The molecule has 1 amide bonds. The molecule has 0 radical (unpaired) electrons. The molecule has 152 valence electrons. The van der Waals surface area contributed by atoms with Crippen molar-refractivity contribution in [2.75, 3.05) is 39.2 Å². The van der Waals surface area contributed by atoms with Crippen LogP contribution in [0.15, 0.2) is 0 Å². The zero-order valence-corrected chi connectivity index (χ0v) is 16.4. The summed E-state index contributed by atoms with van der Waals surface area (Å²) in [7, 11) is 2.97. The number of carboxylic acids is 2. The van der Waals surface area contributed by atoms with Gasteiger partial charge in [-0.1, -0.05) is 0 Å². The van der Waals surface area contributed by atoms with E-state index >= 15 is 0 Å². The lowest BCUT2D eigenvalue weighted by Crippen LogP contribution is -2.29. The smallest absolute Gasteiger partial charge is 0.414 e. The highest BCUT2D eigenvalue weighted by atomic mass is 32.1. The Labute approximate surface area is 160 Å². The lowest BCUT2D eigenvalue weighted by Gasteiger charge is -2.07. The summed E-state index contributed by atoms with van der Waals surface area (Å²) in [6.45, 7) is 5.31. The van der Waals surface area contributed by atoms with E-state index in [4.69, 9.17) is 29.3 Å². The number of thiophene rings is 1. The normalized spacial score (nSPS) is 9.78. The minimum absolute atomic E-state index is 0.182. The van der Waals surface area contributed by atoms with Crippen molar-refractivity contribution < 1.29 is 38.9 Å². The Morgan fingerprint density at radius 2 is 1.67 bits per heavy atom. The molecule has 10 nitrogen and oxygen atoms in total. The predicted octanol–water partition coefficient (Wildman–Crippen LogP) is 0.872. The fraction of sp³-hybridized carbons (Fsp3) is 0.500. The van der Waals surface area contributed by atoms with Crippen LogP contribution in [0.25, 0.3) is 0 Å². The van der Waals surface area contributed by atoms with E-state index in [1.54, 1.807) is 7.11 Å². The molecular weight excluding hydrogens is 380 g/mol. The fourth-order valence-corrected chi connectivity index (χ4v) is 2.84. The summed E-state index contributed by atoms with van der Waals surface area (Å²) in [5.41, 5.74) is 1.28. The molecule has 1 aromatic heterocycles. The van der Waals surface area contributed by atoms with Gasteiger partial charge < -0.3 is 30.3 Å². The second kappa shape index (κ2) is 12.8. The van der Waals surface area contributed by atoms with Gasteiger partial charge in [0.25, 0.3) is 0 Å². The topological polar surface area (TPSA) is 151 Å². The third-order valence-electron chi connectivity index (χ3n) is 3.20. The summed E-state index contributed by atoms with van der Waals surface area (Å²) < 4.78 is 9.69. The molecule has 0 aliphatic rings. The van der Waals surface area contributed by atoms with Gasteiger partial charge in [-0.25, -0.2) is 14.4 Å². The number of carboxylic acid groups (broad SMARTS) is 2. The van der Waals surface area contributed by atoms with Gasteiger partial charge >= 0.3 is 17.9 Å². The zero-order valence-electron chi connectivity index (χ0n) is 15.6. The van der Waals surface area contributed by atoms with E-state index in [-0.39, 0.29) is 12.5 Å². The lowest BCUT2D eigenvalue weighted by atomic mass is 10.1.